The fourth-order valence-corrected chi connectivity index (χ4v) is 2.90. The quantitative estimate of drug-likeness (QED) is 0.799. The maximum Gasteiger partial charge on any atom is 0.233 e. The first kappa shape index (κ1) is 17.1. The summed E-state index contributed by atoms with van der Waals surface area (Å²) in [6.07, 6.45) is 0. The Morgan fingerprint density at radius 1 is 1.04 bits per heavy atom. The number of amides is 2. The molecule has 0 bridgehead atoms. The average Bonchev–Trinajstić information content (AvgIpc) is 2.55. The van der Waals surface area contributed by atoms with E-state index in [2.05, 4.69) is 10.6 Å². The minimum Gasteiger partial charge on any atom is -0.351 e. The Morgan fingerprint density at radius 3 is 2.30 bits per heavy atom. The summed E-state index contributed by atoms with van der Waals surface area (Å²) in [6.45, 7) is 3.89. The molecule has 2 aromatic carbocycles. The third-order valence-corrected chi connectivity index (χ3v) is 4.28. The van der Waals surface area contributed by atoms with E-state index in [1.807, 2.05) is 61.5 Å². The third kappa shape index (κ3) is 5.79. The first-order chi connectivity index (χ1) is 11.0. The molecule has 0 saturated heterocycles. The van der Waals surface area contributed by atoms with Crippen LogP contribution in [0.3, 0.4) is 0 Å². The zero-order chi connectivity index (χ0) is 16.7. The number of benzene rings is 2. The highest BCUT2D eigenvalue weighted by Crippen LogP contribution is 2.24. The molecule has 0 aliphatic carbocycles. The lowest BCUT2D eigenvalue weighted by atomic mass is 10.2. The Bertz CT molecular complexity index is 656. The van der Waals surface area contributed by atoms with Gasteiger partial charge >= 0.3 is 0 Å². The Hall–Kier alpha value is -2.27. The first-order valence-corrected chi connectivity index (χ1v) is 8.28. The minimum atomic E-state index is -0.190. The van der Waals surface area contributed by atoms with E-state index < -0.39 is 0 Å². The lowest BCUT2D eigenvalue weighted by Gasteiger charge is -2.12. The van der Waals surface area contributed by atoms with E-state index in [0.717, 1.165) is 16.1 Å². The summed E-state index contributed by atoms with van der Waals surface area (Å²) in [5.41, 5.74) is 1.83. The molecule has 2 N–H and O–H groups in total. The van der Waals surface area contributed by atoms with E-state index in [0.29, 0.717) is 6.54 Å². The molecule has 5 heteroatoms. The molecule has 23 heavy (non-hydrogen) atoms. The van der Waals surface area contributed by atoms with Crippen LogP contribution in [0, 0.1) is 0 Å². The van der Waals surface area contributed by atoms with Crippen LogP contribution < -0.4 is 10.6 Å². The van der Waals surface area contributed by atoms with Crippen molar-refractivity contribution in [1.29, 1.82) is 0 Å². The number of hydrogen-bond acceptors (Lipinski definition) is 3. The Kier molecular flexibility index (Phi) is 6.23. The van der Waals surface area contributed by atoms with Gasteiger partial charge in [-0.25, -0.2) is 0 Å². The van der Waals surface area contributed by atoms with Crippen molar-refractivity contribution in [3.63, 3.8) is 0 Å². The molecule has 2 rings (SSSR count). The number of rotatable bonds is 6. The summed E-state index contributed by atoms with van der Waals surface area (Å²) in [5.74, 6) is -0.0937. The van der Waals surface area contributed by atoms with Gasteiger partial charge < -0.3 is 10.6 Å². The van der Waals surface area contributed by atoms with Gasteiger partial charge in [-0.1, -0.05) is 30.3 Å². The molecule has 0 aliphatic rings. The molecule has 0 fully saturated rings. The molecule has 1 atom stereocenters. The second kappa shape index (κ2) is 8.39. The Morgan fingerprint density at radius 2 is 1.70 bits per heavy atom. The molecular weight excluding hydrogens is 308 g/mol. The number of anilines is 1. The van der Waals surface area contributed by atoms with E-state index in [-0.39, 0.29) is 17.1 Å². The lowest BCUT2D eigenvalue weighted by Crippen LogP contribution is -2.30. The zero-order valence-electron chi connectivity index (χ0n) is 13.2. The topological polar surface area (TPSA) is 58.2 Å². The highest BCUT2D eigenvalue weighted by molar-refractivity contribution is 8.00. The van der Waals surface area contributed by atoms with Gasteiger partial charge in [-0.15, -0.1) is 11.8 Å². The molecular formula is C18H20N2O2S. The minimum absolute atomic E-state index is 0.00444. The second-order valence-corrected chi connectivity index (χ2v) is 6.58. The summed E-state index contributed by atoms with van der Waals surface area (Å²) in [5, 5.41) is 5.47. The van der Waals surface area contributed by atoms with Crippen LogP contribution in [-0.2, 0) is 16.1 Å². The van der Waals surface area contributed by atoms with Crippen molar-refractivity contribution in [2.45, 2.75) is 30.5 Å². The summed E-state index contributed by atoms with van der Waals surface area (Å²) in [7, 11) is 0. The predicted molar refractivity (Wildman–Crippen MR) is 94.4 cm³/mol. The van der Waals surface area contributed by atoms with E-state index >= 15 is 0 Å². The van der Waals surface area contributed by atoms with Crippen LogP contribution >= 0.6 is 11.8 Å². The summed E-state index contributed by atoms with van der Waals surface area (Å²) in [6, 6.07) is 17.3. The molecule has 120 valence electrons. The second-order valence-electron chi connectivity index (χ2n) is 5.17. The van der Waals surface area contributed by atoms with Crippen LogP contribution in [0.4, 0.5) is 5.69 Å². The fraction of sp³-hybridized carbons (Fsp3) is 0.222. The average molecular weight is 328 g/mol. The molecule has 0 saturated carbocycles. The van der Waals surface area contributed by atoms with Crippen LogP contribution in [-0.4, -0.2) is 17.1 Å². The maximum atomic E-state index is 12.1. The van der Waals surface area contributed by atoms with Crippen molar-refractivity contribution >= 4 is 29.3 Å². The van der Waals surface area contributed by atoms with Crippen molar-refractivity contribution in [1.82, 2.24) is 5.32 Å². The van der Waals surface area contributed by atoms with Crippen molar-refractivity contribution in [3.05, 3.63) is 60.2 Å². The van der Waals surface area contributed by atoms with Gasteiger partial charge in [0.05, 0.1) is 5.25 Å². The van der Waals surface area contributed by atoms with Gasteiger partial charge in [-0.2, -0.15) is 0 Å². The van der Waals surface area contributed by atoms with Crippen molar-refractivity contribution in [2.24, 2.45) is 0 Å². The number of carbonyl (C=O) groups excluding carboxylic acids is 2. The van der Waals surface area contributed by atoms with Crippen molar-refractivity contribution in [3.8, 4) is 0 Å². The standard InChI is InChI=1S/C18H20N2O2S/c1-13(18(22)19-12-15-6-4-3-5-7-15)23-17-10-8-16(9-11-17)20-14(2)21/h3-11,13H,12H2,1-2H3,(H,19,22)(H,20,21)/t13-/m1/s1. The smallest absolute Gasteiger partial charge is 0.233 e. The molecule has 0 unspecified atom stereocenters. The van der Waals surface area contributed by atoms with Crippen molar-refractivity contribution < 1.29 is 9.59 Å². The maximum absolute atomic E-state index is 12.1. The van der Waals surface area contributed by atoms with E-state index in [1.165, 1.54) is 18.7 Å². The molecule has 0 aromatic heterocycles. The highest BCUT2D eigenvalue weighted by Gasteiger charge is 2.14. The monoisotopic (exact) mass is 328 g/mol. The molecule has 2 amide bonds. The van der Waals surface area contributed by atoms with Crippen LogP contribution in [0.15, 0.2) is 59.5 Å². The van der Waals surface area contributed by atoms with Crippen LogP contribution in [0.5, 0.6) is 0 Å². The van der Waals surface area contributed by atoms with Gasteiger partial charge in [-0.3, -0.25) is 9.59 Å². The lowest BCUT2D eigenvalue weighted by molar-refractivity contribution is -0.120. The molecule has 4 nitrogen and oxygen atoms in total. The van der Waals surface area contributed by atoms with Crippen LogP contribution in [0.1, 0.15) is 19.4 Å². The Balaban J connectivity index is 1.84. The van der Waals surface area contributed by atoms with E-state index in [9.17, 15) is 9.59 Å². The first-order valence-electron chi connectivity index (χ1n) is 7.40. The van der Waals surface area contributed by atoms with Gasteiger partial charge in [0.2, 0.25) is 11.8 Å². The predicted octanol–water partition coefficient (Wildman–Crippen LogP) is 3.44. The van der Waals surface area contributed by atoms with Gasteiger partial charge in [0, 0.05) is 24.1 Å². The van der Waals surface area contributed by atoms with Crippen molar-refractivity contribution in [2.75, 3.05) is 5.32 Å². The summed E-state index contributed by atoms with van der Waals surface area (Å²) >= 11 is 1.49. The SMILES string of the molecule is CC(=O)Nc1ccc(S[C@H](C)C(=O)NCc2ccccc2)cc1. The zero-order valence-corrected chi connectivity index (χ0v) is 14.0. The molecule has 0 aliphatic heterocycles. The van der Waals surface area contributed by atoms with Gasteiger partial charge in [0.15, 0.2) is 0 Å². The third-order valence-electron chi connectivity index (χ3n) is 3.17. The summed E-state index contributed by atoms with van der Waals surface area (Å²) < 4.78 is 0. The summed E-state index contributed by atoms with van der Waals surface area (Å²) in [4.78, 5) is 24.1. The molecule has 2 aromatic rings. The number of nitrogens with one attached hydrogen (secondary N) is 2. The number of thioether (sulfide) groups is 1. The van der Waals surface area contributed by atoms with E-state index in [4.69, 9.17) is 0 Å². The molecule has 0 radical (unpaired) electrons. The van der Waals surface area contributed by atoms with Gasteiger partial charge in [0.25, 0.3) is 0 Å². The highest BCUT2D eigenvalue weighted by atomic mass is 32.2. The number of hydrogen-bond donors (Lipinski definition) is 2. The Labute approximate surface area is 140 Å². The van der Waals surface area contributed by atoms with Crippen LogP contribution in [0.2, 0.25) is 0 Å². The largest absolute Gasteiger partial charge is 0.351 e. The normalized spacial score (nSPS) is 11.6. The van der Waals surface area contributed by atoms with Crippen LogP contribution in [0.25, 0.3) is 0 Å². The molecule has 0 spiro atoms. The molecule has 0 heterocycles. The van der Waals surface area contributed by atoms with Gasteiger partial charge in [-0.05, 0) is 36.8 Å². The van der Waals surface area contributed by atoms with E-state index in [1.54, 1.807) is 0 Å². The van der Waals surface area contributed by atoms with Gasteiger partial charge in [0.1, 0.15) is 0 Å². The number of carbonyl (C=O) groups is 2. The fourth-order valence-electron chi connectivity index (χ4n) is 2.01.